The lowest BCUT2D eigenvalue weighted by atomic mass is 10.1. The molecule has 0 unspecified atom stereocenters. The second-order valence-corrected chi connectivity index (χ2v) is 6.38. The zero-order valence-corrected chi connectivity index (χ0v) is 14.7. The number of benzene rings is 2. The fourth-order valence-electron chi connectivity index (χ4n) is 3.02. The van der Waals surface area contributed by atoms with Crippen LogP contribution in [-0.4, -0.2) is 39.9 Å². The summed E-state index contributed by atoms with van der Waals surface area (Å²) in [5, 5.41) is 39.9. The molecule has 0 saturated heterocycles. The van der Waals surface area contributed by atoms with Gasteiger partial charge in [0.2, 0.25) is 11.5 Å². The third kappa shape index (κ3) is 2.35. The van der Waals surface area contributed by atoms with Crippen molar-refractivity contribution in [1.82, 2.24) is 19.5 Å². The van der Waals surface area contributed by atoms with E-state index in [2.05, 4.69) is 9.97 Å². The third-order valence-corrected chi connectivity index (χ3v) is 4.58. The molecule has 0 fully saturated rings. The van der Waals surface area contributed by atoms with Crippen molar-refractivity contribution in [1.29, 1.82) is 0 Å². The first-order valence-electron chi connectivity index (χ1n) is 8.10. The van der Waals surface area contributed by atoms with Gasteiger partial charge in [0, 0.05) is 6.07 Å². The summed E-state index contributed by atoms with van der Waals surface area (Å²) < 4.78 is 1.22. The molecule has 2 aromatic carbocycles. The van der Waals surface area contributed by atoms with Crippen LogP contribution in [-0.2, 0) is 0 Å². The molecule has 4 rings (SSSR count). The van der Waals surface area contributed by atoms with Gasteiger partial charge < -0.3 is 20.4 Å². The molecule has 28 heavy (non-hydrogen) atoms. The van der Waals surface area contributed by atoms with Gasteiger partial charge in [0.05, 0.1) is 16.7 Å². The minimum absolute atomic E-state index is 0.179. The molecule has 0 aliphatic carbocycles. The largest absolute Gasteiger partial charge is 0.504 e. The maximum absolute atomic E-state index is 12.3. The Hall–Kier alpha value is -4.08. The first-order chi connectivity index (χ1) is 13.2. The van der Waals surface area contributed by atoms with Crippen LogP contribution >= 0.6 is 0 Å². The number of nitrogens with zero attached hydrogens (tertiary/aromatic N) is 3. The number of aromatic amines is 1. The van der Waals surface area contributed by atoms with E-state index in [0.29, 0.717) is 11.0 Å². The molecular weight excluding hydrogens is 368 g/mol. The topological polar surface area (TPSA) is 162 Å². The summed E-state index contributed by atoms with van der Waals surface area (Å²) in [5.41, 5.74) is 0.352. The van der Waals surface area contributed by atoms with Crippen molar-refractivity contribution < 1.29 is 20.4 Å². The maximum atomic E-state index is 12.3. The third-order valence-electron chi connectivity index (χ3n) is 4.58. The van der Waals surface area contributed by atoms with Crippen molar-refractivity contribution in [2.45, 2.75) is 13.8 Å². The summed E-state index contributed by atoms with van der Waals surface area (Å²) in [6.07, 6.45) is 0. The minimum Gasteiger partial charge on any atom is -0.504 e. The quantitative estimate of drug-likeness (QED) is 0.185. The van der Waals surface area contributed by atoms with E-state index in [4.69, 9.17) is 0 Å². The van der Waals surface area contributed by atoms with Crippen LogP contribution < -0.4 is 11.2 Å². The number of H-pyrrole nitrogens is 1. The number of phenolic OH excluding ortho intramolecular Hbond substituents is 4. The number of hydrogen-bond donors (Lipinski definition) is 5. The van der Waals surface area contributed by atoms with Gasteiger partial charge >= 0.3 is 5.69 Å². The van der Waals surface area contributed by atoms with Gasteiger partial charge in [0.1, 0.15) is 0 Å². The first kappa shape index (κ1) is 17.3. The first-order valence-corrected chi connectivity index (χ1v) is 8.10. The average Bonchev–Trinajstić information content (AvgIpc) is 2.63. The molecule has 2 aromatic rings. The van der Waals surface area contributed by atoms with Crippen molar-refractivity contribution in [2.75, 3.05) is 0 Å². The fourth-order valence-corrected chi connectivity index (χ4v) is 3.02. The number of hydrogen-bond acceptors (Lipinski definition) is 8. The predicted molar refractivity (Wildman–Crippen MR) is 98.5 cm³/mol. The number of phenols is 4. The van der Waals surface area contributed by atoms with E-state index >= 15 is 0 Å². The SMILES string of the molecule is Cc1cc2nc3c(=O)[nH]c(=O)nc-3n(-c3cc(O)c(O)c(O)c3O)c2cc1C. The molecule has 0 atom stereocenters. The zero-order valence-electron chi connectivity index (χ0n) is 14.7. The van der Waals surface area contributed by atoms with Crippen LogP contribution in [0.3, 0.4) is 0 Å². The molecule has 0 saturated carbocycles. The Balaban J connectivity index is 2.31. The van der Waals surface area contributed by atoms with E-state index in [1.165, 1.54) is 4.57 Å². The fraction of sp³-hybridized carbons (Fsp3) is 0.111. The maximum Gasteiger partial charge on any atom is 0.349 e. The van der Waals surface area contributed by atoms with Crippen molar-refractivity contribution in [3.8, 4) is 40.2 Å². The van der Waals surface area contributed by atoms with Gasteiger partial charge in [-0.05, 0) is 37.1 Å². The second-order valence-electron chi connectivity index (χ2n) is 6.38. The predicted octanol–water partition coefficient (Wildman–Crippen LogP) is 1.01. The Morgan fingerprint density at radius 1 is 0.893 bits per heavy atom. The number of aromatic nitrogens is 4. The van der Waals surface area contributed by atoms with Crippen LogP contribution in [0.1, 0.15) is 11.1 Å². The standard InChI is InChI=1S/C18H14N4O6/c1-6-3-8-9(4-7(6)2)22(10-5-11(23)14(25)15(26)13(10)24)16-12(19-8)17(27)21-18(28)20-16/h3-5,23-26H,1-2H3,(H,21,27,28). The Morgan fingerprint density at radius 2 is 1.57 bits per heavy atom. The molecule has 5 N–H and O–H groups in total. The molecule has 2 aliphatic rings. The summed E-state index contributed by atoms with van der Waals surface area (Å²) in [6.45, 7) is 3.68. The van der Waals surface area contributed by atoms with Crippen LogP contribution in [0.2, 0.25) is 0 Å². The summed E-state index contributed by atoms with van der Waals surface area (Å²) in [5.74, 6) is -3.55. The van der Waals surface area contributed by atoms with Gasteiger partial charge in [-0.3, -0.25) is 14.3 Å². The Bertz CT molecular complexity index is 1370. The Kier molecular flexibility index (Phi) is 3.54. The molecule has 2 aliphatic heterocycles. The molecule has 0 aromatic heterocycles. The van der Waals surface area contributed by atoms with E-state index in [9.17, 15) is 30.0 Å². The summed E-state index contributed by atoms with van der Waals surface area (Å²) in [7, 11) is 0. The van der Waals surface area contributed by atoms with Gasteiger partial charge in [-0.2, -0.15) is 4.98 Å². The van der Waals surface area contributed by atoms with Crippen molar-refractivity contribution in [3.63, 3.8) is 0 Å². The number of rotatable bonds is 1. The van der Waals surface area contributed by atoms with Crippen LogP contribution in [0.5, 0.6) is 23.0 Å². The van der Waals surface area contributed by atoms with E-state index in [1.807, 2.05) is 18.8 Å². The van der Waals surface area contributed by atoms with Crippen molar-refractivity contribution >= 4 is 11.0 Å². The Labute approximate surface area is 156 Å². The molecule has 0 spiro atoms. The number of nitrogens with one attached hydrogen (secondary N) is 1. The lowest BCUT2D eigenvalue weighted by Crippen LogP contribution is -2.28. The molecule has 10 nitrogen and oxygen atoms in total. The number of aromatic hydroxyl groups is 4. The monoisotopic (exact) mass is 382 g/mol. The molecule has 0 bridgehead atoms. The van der Waals surface area contributed by atoms with Gasteiger partial charge in [-0.25, -0.2) is 9.78 Å². The van der Waals surface area contributed by atoms with Gasteiger partial charge in [-0.1, -0.05) is 0 Å². The van der Waals surface area contributed by atoms with E-state index < -0.39 is 34.2 Å². The normalized spacial score (nSPS) is 11.4. The zero-order chi connectivity index (χ0) is 20.3. The van der Waals surface area contributed by atoms with Gasteiger partial charge in [-0.15, -0.1) is 0 Å². The second kappa shape index (κ2) is 5.71. The highest BCUT2D eigenvalue weighted by molar-refractivity contribution is 5.84. The summed E-state index contributed by atoms with van der Waals surface area (Å²) >= 11 is 0. The van der Waals surface area contributed by atoms with Gasteiger partial charge in [0.15, 0.2) is 23.0 Å². The summed E-state index contributed by atoms with van der Waals surface area (Å²) in [6, 6.07) is 4.39. The highest BCUT2D eigenvalue weighted by Gasteiger charge is 2.25. The molecule has 10 heteroatoms. The van der Waals surface area contributed by atoms with Crippen LogP contribution in [0.15, 0.2) is 27.8 Å². The van der Waals surface area contributed by atoms with Crippen molar-refractivity contribution in [2.24, 2.45) is 0 Å². The molecule has 2 heterocycles. The number of fused-ring (bicyclic) bond motifs is 2. The highest BCUT2D eigenvalue weighted by Crippen LogP contribution is 2.46. The lowest BCUT2D eigenvalue weighted by molar-refractivity contribution is 0.345. The molecule has 0 amide bonds. The molecular formula is C18H14N4O6. The smallest absolute Gasteiger partial charge is 0.349 e. The van der Waals surface area contributed by atoms with Gasteiger partial charge in [0.25, 0.3) is 5.56 Å². The highest BCUT2D eigenvalue weighted by atomic mass is 16.3. The average molecular weight is 382 g/mol. The van der Waals surface area contributed by atoms with Crippen LogP contribution in [0.25, 0.3) is 28.2 Å². The Morgan fingerprint density at radius 3 is 2.29 bits per heavy atom. The number of aryl methyl sites for hydroxylation is 2. The van der Waals surface area contributed by atoms with E-state index in [-0.39, 0.29) is 17.2 Å². The summed E-state index contributed by atoms with van der Waals surface area (Å²) in [4.78, 5) is 34.2. The molecule has 142 valence electrons. The van der Waals surface area contributed by atoms with E-state index in [0.717, 1.165) is 17.2 Å². The minimum atomic E-state index is -0.961. The van der Waals surface area contributed by atoms with Crippen molar-refractivity contribution in [3.05, 3.63) is 50.2 Å². The lowest BCUT2D eigenvalue weighted by Gasteiger charge is -2.19. The van der Waals surface area contributed by atoms with Crippen LogP contribution in [0.4, 0.5) is 0 Å². The van der Waals surface area contributed by atoms with Crippen LogP contribution in [0, 0.1) is 13.8 Å². The van der Waals surface area contributed by atoms with E-state index in [1.54, 1.807) is 12.1 Å². The molecule has 0 radical (unpaired) electrons.